The molecule has 2 amide bonds. The number of para-hydroxylation sites is 1. The van der Waals surface area contributed by atoms with E-state index in [1.807, 2.05) is 42.7 Å². The lowest BCUT2D eigenvalue weighted by Gasteiger charge is -2.30. The van der Waals surface area contributed by atoms with E-state index in [-0.39, 0.29) is 37.9 Å². The van der Waals surface area contributed by atoms with Crippen LogP contribution in [0.2, 0.25) is 5.02 Å². The third-order valence-corrected chi connectivity index (χ3v) is 11.0. The highest BCUT2D eigenvalue weighted by Crippen LogP contribution is 2.50. The summed E-state index contributed by atoms with van der Waals surface area (Å²) < 4.78 is 11.1. The predicted molar refractivity (Wildman–Crippen MR) is 205 cm³/mol. The number of aromatic nitrogens is 1. The number of hydrogen-bond acceptors (Lipinski definition) is 12. The van der Waals surface area contributed by atoms with Crippen LogP contribution in [0.15, 0.2) is 65.8 Å². The zero-order chi connectivity index (χ0) is 38.7. The molecule has 0 radical (unpaired) electrons. The zero-order valence-electron chi connectivity index (χ0n) is 30.4. The van der Waals surface area contributed by atoms with Gasteiger partial charge in [0.1, 0.15) is 24.1 Å². The Morgan fingerprint density at radius 1 is 1.04 bits per heavy atom. The Hall–Kier alpha value is -3.47. The minimum Gasteiger partial charge on any atom is -0.490 e. The van der Waals surface area contributed by atoms with Crippen molar-refractivity contribution >= 4 is 35.4 Å². The fraction of sp³-hybridized carbons (Fsp3) is 0.513. The lowest BCUT2D eigenvalue weighted by Crippen LogP contribution is -2.53. The van der Waals surface area contributed by atoms with Crippen LogP contribution in [-0.2, 0) is 21.6 Å². The Labute approximate surface area is 325 Å². The number of alkyl carbamates (subject to hydrolysis) is 1. The number of amides is 2. The molecule has 0 spiro atoms. The van der Waals surface area contributed by atoms with Crippen LogP contribution in [0.1, 0.15) is 56.6 Å². The molecule has 13 nitrogen and oxygen atoms in total. The van der Waals surface area contributed by atoms with Gasteiger partial charge in [0, 0.05) is 59.6 Å². The van der Waals surface area contributed by atoms with Crippen molar-refractivity contribution in [3.05, 3.63) is 77.1 Å². The average molecular weight is 787 g/mol. The average Bonchev–Trinajstić information content (AvgIpc) is 4.14. The number of nitrogens with zero attached hydrogens (tertiary/aromatic N) is 2. The largest absolute Gasteiger partial charge is 0.490 e. The second kappa shape index (κ2) is 19.9. The molecule has 15 heteroatoms. The Kier molecular flexibility index (Phi) is 15.4. The number of aliphatic hydroxyl groups is 5. The molecule has 54 heavy (non-hydrogen) atoms. The third kappa shape index (κ3) is 11.3. The van der Waals surface area contributed by atoms with Gasteiger partial charge in [0.05, 0.1) is 19.3 Å². The van der Waals surface area contributed by atoms with E-state index in [1.165, 1.54) is 4.90 Å². The minimum absolute atomic E-state index is 0.00352. The van der Waals surface area contributed by atoms with Crippen LogP contribution in [-0.4, -0.2) is 117 Å². The number of hydrogen-bond donors (Lipinski definition) is 7. The van der Waals surface area contributed by atoms with Crippen molar-refractivity contribution in [2.24, 2.45) is 0 Å². The van der Waals surface area contributed by atoms with E-state index in [9.17, 15) is 30.0 Å². The lowest BCUT2D eigenvalue weighted by atomic mass is 9.94. The van der Waals surface area contributed by atoms with Gasteiger partial charge in [-0.25, -0.2) is 4.79 Å². The smallest absolute Gasteiger partial charge is 0.407 e. The molecule has 4 unspecified atom stereocenters. The number of rotatable bonds is 22. The standard InChI is InChI=1S/C39H51ClN4O9S/c1-2-52-38(51)42-17-19-44(37(50)36(49)35(48)34(47)32(46)24-45)18-5-6-20-54-27-11-12-31(40)25(21-27)22-43-39(14-15-39)30-23-41-16-13-28(30)29-7-3-4-8-33(29)53-26-9-10-26/h3-4,7-8,11-13,16,21,23,26,32,34-36,43,45-49H,2,5-6,9-10,14-15,17-20,22,24H2,1H3,(H,42,51). The van der Waals surface area contributed by atoms with Crippen LogP contribution in [0.4, 0.5) is 4.79 Å². The van der Waals surface area contributed by atoms with E-state index in [1.54, 1.807) is 18.7 Å². The van der Waals surface area contributed by atoms with Crippen LogP contribution < -0.4 is 15.4 Å². The summed E-state index contributed by atoms with van der Waals surface area (Å²) >= 11 is 8.33. The molecule has 1 aromatic heterocycles. The monoisotopic (exact) mass is 786 g/mol. The highest BCUT2D eigenvalue weighted by molar-refractivity contribution is 7.99. The number of aliphatic hydroxyl groups excluding tert-OH is 5. The molecule has 1 heterocycles. The molecule has 0 saturated heterocycles. The predicted octanol–water partition coefficient (Wildman–Crippen LogP) is 3.61. The number of carbonyl (C=O) groups excluding carboxylic acids is 2. The van der Waals surface area contributed by atoms with Gasteiger partial charge in [0.15, 0.2) is 6.10 Å². The van der Waals surface area contributed by atoms with Gasteiger partial charge in [-0.1, -0.05) is 29.8 Å². The number of nitrogens with one attached hydrogen (secondary N) is 2. The van der Waals surface area contributed by atoms with Crippen LogP contribution in [0.3, 0.4) is 0 Å². The van der Waals surface area contributed by atoms with Crippen molar-refractivity contribution in [3.8, 4) is 16.9 Å². The summed E-state index contributed by atoms with van der Waals surface area (Å²) in [6, 6.07) is 16.2. The zero-order valence-corrected chi connectivity index (χ0v) is 32.0. The summed E-state index contributed by atoms with van der Waals surface area (Å²) in [7, 11) is 0. The molecule has 4 atom stereocenters. The van der Waals surface area contributed by atoms with Crippen LogP contribution in [0.5, 0.6) is 5.75 Å². The molecule has 0 aliphatic heterocycles. The second-order valence-electron chi connectivity index (χ2n) is 13.6. The first-order chi connectivity index (χ1) is 26.1. The summed E-state index contributed by atoms with van der Waals surface area (Å²) in [5.74, 6) is 0.727. The molecule has 2 aliphatic rings. The molecule has 294 valence electrons. The van der Waals surface area contributed by atoms with E-state index in [0.717, 1.165) is 64.3 Å². The van der Waals surface area contributed by atoms with Crippen molar-refractivity contribution in [2.45, 2.75) is 92.9 Å². The summed E-state index contributed by atoms with van der Waals surface area (Å²) in [6.07, 6.45) is 0.983. The molecule has 0 bridgehead atoms. The summed E-state index contributed by atoms with van der Waals surface area (Å²) in [5, 5.41) is 56.5. The second-order valence-corrected chi connectivity index (χ2v) is 15.2. The Morgan fingerprint density at radius 2 is 1.81 bits per heavy atom. The highest BCUT2D eigenvalue weighted by Gasteiger charge is 2.46. The molecule has 2 aliphatic carbocycles. The minimum atomic E-state index is -2.06. The molecule has 7 N–H and O–H groups in total. The molecule has 2 saturated carbocycles. The number of ether oxygens (including phenoxy) is 2. The summed E-state index contributed by atoms with van der Waals surface area (Å²) in [4.78, 5) is 31.7. The van der Waals surface area contributed by atoms with Crippen LogP contribution in [0, 0.1) is 0 Å². The fourth-order valence-electron chi connectivity index (χ4n) is 6.13. The van der Waals surface area contributed by atoms with Gasteiger partial charge in [-0.3, -0.25) is 9.78 Å². The Morgan fingerprint density at radius 3 is 2.54 bits per heavy atom. The van der Waals surface area contributed by atoms with Gasteiger partial charge >= 0.3 is 6.09 Å². The maximum atomic E-state index is 13.1. The first-order valence-corrected chi connectivity index (χ1v) is 19.8. The lowest BCUT2D eigenvalue weighted by molar-refractivity contribution is -0.158. The van der Waals surface area contributed by atoms with E-state index in [0.29, 0.717) is 24.4 Å². The number of benzene rings is 2. The molecule has 2 aromatic carbocycles. The van der Waals surface area contributed by atoms with Crippen molar-refractivity contribution in [1.82, 2.24) is 20.5 Å². The van der Waals surface area contributed by atoms with Gasteiger partial charge in [-0.15, -0.1) is 11.8 Å². The van der Waals surface area contributed by atoms with E-state index >= 15 is 0 Å². The SMILES string of the molecule is CCOC(=O)NCCN(CCCCSc1ccc(Cl)c(CNC2(c3cnccc3-c3ccccc3OC3CC3)CC2)c1)C(=O)C(O)C(O)C(O)C(O)CO. The highest BCUT2D eigenvalue weighted by atomic mass is 35.5. The first kappa shape index (κ1) is 41.7. The Bertz CT molecular complexity index is 1700. The maximum Gasteiger partial charge on any atom is 0.407 e. The van der Waals surface area contributed by atoms with Gasteiger partial charge in [0.25, 0.3) is 5.91 Å². The van der Waals surface area contributed by atoms with Gasteiger partial charge in [-0.2, -0.15) is 0 Å². The summed E-state index contributed by atoms with van der Waals surface area (Å²) in [6.45, 7) is 1.75. The van der Waals surface area contributed by atoms with Crippen molar-refractivity contribution in [3.63, 3.8) is 0 Å². The fourth-order valence-corrected chi connectivity index (χ4v) is 7.29. The van der Waals surface area contributed by atoms with Crippen LogP contribution >= 0.6 is 23.4 Å². The molecule has 3 aromatic rings. The summed E-state index contributed by atoms with van der Waals surface area (Å²) in [5.41, 5.74) is 4.07. The van der Waals surface area contributed by atoms with E-state index in [4.69, 9.17) is 26.2 Å². The van der Waals surface area contributed by atoms with Gasteiger partial charge < -0.3 is 50.5 Å². The molecular weight excluding hydrogens is 736 g/mol. The van der Waals surface area contributed by atoms with Gasteiger partial charge in [0.2, 0.25) is 0 Å². The first-order valence-electron chi connectivity index (χ1n) is 18.5. The number of unbranched alkanes of at least 4 members (excludes halogenated alkanes) is 1. The number of pyridine rings is 1. The van der Waals surface area contributed by atoms with Gasteiger partial charge in [-0.05, 0) is 98.2 Å². The Balaban J connectivity index is 1.16. The number of carbonyl (C=O) groups is 2. The van der Waals surface area contributed by atoms with Crippen molar-refractivity contribution in [1.29, 1.82) is 0 Å². The normalized spacial score (nSPS) is 16.9. The van der Waals surface area contributed by atoms with E-state index < -0.39 is 43.0 Å². The number of thioether (sulfide) groups is 1. The maximum absolute atomic E-state index is 13.1. The van der Waals surface area contributed by atoms with Crippen molar-refractivity contribution in [2.75, 3.05) is 38.6 Å². The van der Waals surface area contributed by atoms with Crippen LogP contribution in [0.25, 0.3) is 11.1 Å². The molecule has 2 fully saturated rings. The molecule has 5 rings (SSSR count). The molecular formula is C39H51ClN4O9S. The quantitative estimate of drug-likeness (QED) is 0.0579. The number of halogens is 1. The third-order valence-electron chi connectivity index (χ3n) is 9.55. The van der Waals surface area contributed by atoms with E-state index in [2.05, 4.69) is 33.8 Å². The topological polar surface area (TPSA) is 194 Å². The van der Waals surface area contributed by atoms with Crippen molar-refractivity contribution < 1.29 is 44.6 Å².